The third-order valence-electron chi connectivity index (χ3n) is 10.9. The standard InChI is InChI=1S/C40H46N10O6/c1-22(2)40(4,56-38(41)53)37(52)50-17-7-9-33(50)35-43-20-30(47-35)25-12-10-24(11-13-25)29-19-42-28-18-26(14-15-27(28)46-29)31-21-44-34(48-31)32-8-6-16-49(32)36(51)23(3)45-39(54)55-5/h10-15,18-23,32-33H,6-9,16-17H2,1-5H3,(H2,41,53)(H,43,47)(H,44,48)(H,45,54)/t23-,32?,33?,40-/m0/s1. The Morgan fingerprint density at radius 2 is 1.41 bits per heavy atom. The first-order chi connectivity index (χ1) is 26.9. The molecular formula is C40H46N10O6. The third kappa shape index (κ3) is 7.38. The number of ether oxygens (including phenoxy) is 2. The summed E-state index contributed by atoms with van der Waals surface area (Å²) in [5, 5.41) is 2.55. The topological polar surface area (TPSA) is 214 Å². The molecule has 2 aromatic carbocycles. The zero-order valence-electron chi connectivity index (χ0n) is 32.0. The van der Waals surface area contributed by atoms with Crippen molar-refractivity contribution in [1.82, 2.24) is 45.0 Å². The van der Waals surface area contributed by atoms with Gasteiger partial charge < -0.3 is 40.3 Å². The summed E-state index contributed by atoms with van der Waals surface area (Å²) in [7, 11) is 1.26. The lowest BCUT2D eigenvalue weighted by Gasteiger charge is -2.36. The highest BCUT2D eigenvalue weighted by atomic mass is 16.6. The van der Waals surface area contributed by atoms with Crippen molar-refractivity contribution in [2.24, 2.45) is 11.7 Å². The van der Waals surface area contributed by atoms with E-state index in [4.69, 9.17) is 20.4 Å². The van der Waals surface area contributed by atoms with E-state index in [1.54, 1.807) is 42.2 Å². The molecule has 292 valence electrons. The Morgan fingerprint density at radius 3 is 2.04 bits per heavy atom. The number of carbonyl (C=O) groups excluding carboxylic acids is 4. The summed E-state index contributed by atoms with van der Waals surface area (Å²) >= 11 is 0. The van der Waals surface area contributed by atoms with E-state index >= 15 is 0 Å². The molecule has 16 heteroatoms. The lowest BCUT2D eigenvalue weighted by molar-refractivity contribution is -0.155. The number of carbonyl (C=O) groups is 4. The molecule has 0 aliphatic carbocycles. The number of aromatic amines is 2. The quantitative estimate of drug-likeness (QED) is 0.137. The molecule has 5 heterocycles. The number of aromatic nitrogens is 6. The summed E-state index contributed by atoms with van der Waals surface area (Å²) in [6.45, 7) is 8.01. The highest BCUT2D eigenvalue weighted by molar-refractivity contribution is 5.88. The molecule has 4 amide bonds. The second-order valence-corrected chi connectivity index (χ2v) is 14.8. The van der Waals surface area contributed by atoms with E-state index in [1.165, 1.54) is 7.11 Å². The summed E-state index contributed by atoms with van der Waals surface area (Å²) < 4.78 is 10.00. The Labute approximate surface area is 323 Å². The first-order valence-electron chi connectivity index (χ1n) is 18.8. The fraction of sp³-hybridized carbons (Fsp3) is 0.400. The van der Waals surface area contributed by atoms with Crippen molar-refractivity contribution >= 4 is 35.0 Å². The van der Waals surface area contributed by atoms with Gasteiger partial charge in [-0.2, -0.15) is 0 Å². The van der Waals surface area contributed by atoms with Gasteiger partial charge in [-0.1, -0.05) is 44.2 Å². The number of alkyl carbamates (subject to hydrolysis) is 1. The normalized spacial score (nSPS) is 18.5. The van der Waals surface area contributed by atoms with Gasteiger partial charge in [-0.05, 0) is 57.2 Å². The van der Waals surface area contributed by atoms with Gasteiger partial charge in [0.1, 0.15) is 17.7 Å². The molecule has 0 radical (unpaired) electrons. The Morgan fingerprint density at radius 1 is 0.821 bits per heavy atom. The molecule has 5 N–H and O–H groups in total. The number of nitrogens with two attached hydrogens (primary N) is 1. The molecule has 16 nitrogen and oxygen atoms in total. The average molecular weight is 763 g/mol. The molecule has 2 fully saturated rings. The Hall–Kier alpha value is -6.32. The van der Waals surface area contributed by atoms with Crippen LogP contribution < -0.4 is 11.1 Å². The van der Waals surface area contributed by atoms with E-state index in [1.807, 2.05) is 56.3 Å². The van der Waals surface area contributed by atoms with Crippen LogP contribution in [0.2, 0.25) is 0 Å². The van der Waals surface area contributed by atoms with Gasteiger partial charge >= 0.3 is 12.2 Å². The largest absolute Gasteiger partial charge is 0.453 e. The number of methoxy groups -OCH3 is 1. The lowest BCUT2D eigenvalue weighted by Crippen LogP contribution is -2.53. The molecule has 5 aromatic rings. The predicted molar refractivity (Wildman–Crippen MR) is 206 cm³/mol. The van der Waals surface area contributed by atoms with Gasteiger partial charge in [0.25, 0.3) is 5.91 Å². The van der Waals surface area contributed by atoms with Crippen LogP contribution >= 0.6 is 0 Å². The van der Waals surface area contributed by atoms with Crippen LogP contribution in [-0.2, 0) is 19.1 Å². The van der Waals surface area contributed by atoms with Crippen LogP contribution in [0.25, 0.3) is 44.8 Å². The summed E-state index contributed by atoms with van der Waals surface area (Å²) in [6.07, 6.45) is 6.75. The van der Waals surface area contributed by atoms with E-state index in [2.05, 4.69) is 30.0 Å². The van der Waals surface area contributed by atoms with E-state index in [9.17, 15) is 19.2 Å². The molecule has 0 saturated carbocycles. The fourth-order valence-corrected chi connectivity index (χ4v) is 7.50. The highest BCUT2D eigenvalue weighted by Crippen LogP contribution is 2.37. The average Bonchev–Trinajstić information content (AvgIpc) is 4.03. The number of fused-ring (bicyclic) bond motifs is 1. The number of imidazole rings is 2. The number of rotatable bonds is 10. The van der Waals surface area contributed by atoms with Gasteiger partial charge in [0.05, 0.1) is 65.9 Å². The first-order valence-corrected chi connectivity index (χ1v) is 18.8. The first kappa shape index (κ1) is 38.0. The summed E-state index contributed by atoms with van der Waals surface area (Å²) in [5.74, 6) is 0.594. The van der Waals surface area contributed by atoms with Crippen LogP contribution in [0.5, 0.6) is 0 Å². The van der Waals surface area contributed by atoms with Crippen LogP contribution in [-0.4, -0.2) is 95.5 Å². The minimum atomic E-state index is -1.38. The van der Waals surface area contributed by atoms with Gasteiger partial charge in [-0.15, -0.1) is 0 Å². The molecule has 2 saturated heterocycles. The Kier molecular flexibility index (Phi) is 10.5. The number of nitrogens with zero attached hydrogens (tertiary/aromatic N) is 6. The SMILES string of the molecule is COC(=O)N[C@@H](C)C(=O)N1CCCC1c1ncc(-c2ccc3nc(-c4ccc(-c5cnc(C6CCCN6C(=O)[C@@](C)(OC(N)=O)C(C)C)[nH]5)cc4)cnc3c2)[nH]1. The molecule has 2 aliphatic rings. The maximum absolute atomic E-state index is 13.7. The zero-order valence-corrected chi connectivity index (χ0v) is 32.0. The van der Waals surface area contributed by atoms with E-state index in [0.29, 0.717) is 24.7 Å². The van der Waals surface area contributed by atoms with E-state index in [-0.39, 0.29) is 29.8 Å². The molecule has 0 spiro atoms. The van der Waals surface area contributed by atoms with Crippen molar-refractivity contribution in [2.75, 3.05) is 20.2 Å². The maximum Gasteiger partial charge on any atom is 0.407 e. The lowest BCUT2D eigenvalue weighted by atomic mass is 9.90. The molecule has 4 atom stereocenters. The Bertz CT molecular complexity index is 2270. The summed E-state index contributed by atoms with van der Waals surface area (Å²) in [5.41, 5.74) is 10.4. The van der Waals surface area contributed by atoms with Crippen molar-refractivity contribution in [3.63, 3.8) is 0 Å². The number of likely N-dealkylation sites (tertiary alicyclic amines) is 2. The second kappa shape index (κ2) is 15.4. The molecule has 3 aromatic heterocycles. The predicted octanol–water partition coefficient (Wildman–Crippen LogP) is 5.66. The molecule has 7 rings (SSSR count). The van der Waals surface area contributed by atoms with Crippen molar-refractivity contribution in [3.05, 3.63) is 72.7 Å². The molecule has 2 aliphatic heterocycles. The van der Waals surface area contributed by atoms with E-state index in [0.717, 1.165) is 70.5 Å². The van der Waals surface area contributed by atoms with Gasteiger partial charge in [0, 0.05) is 30.1 Å². The Balaban J connectivity index is 1.03. The van der Waals surface area contributed by atoms with Crippen LogP contribution in [0.3, 0.4) is 0 Å². The summed E-state index contributed by atoms with van der Waals surface area (Å²) in [4.78, 5) is 79.3. The molecule has 2 unspecified atom stereocenters. The minimum Gasteiger partial charge on any atom is -0.453 e. The van der Waals surface area contributed by atoms with Crippen LogP contribution in [0.15, 0.2) is 61.1 Å². The van der Waals surface area contributed by atoms with Gasteiger partial charge in [0.15, 0.2) is 5.60 Å². The van der Waals surface area contributed by atoms with Crippen LogP contribution in [0, 0.1) is 5.92 Å². The van der Waals surface area contributed by atoms with Crippen molar-refractivity contribution in [3.8, 4) is 33.8 Å². The minimum absolute atomic E-state index is 0.191. The van der Waals surface area contributed by atoms with E-state index < -0.39 is 23.8 Å². The van der Waals surface area contributed by atoms with Crippen molar-refractivity contribution < 1.29 is 28.7 Å². The second-order valence-electron chi connectivity index (χ2n) is 14.8. The number of amides is 4. The zero-order chi connectivity index (χ0) is 39.7. The van der Waals surface area contributed by atoms with Crippen LogP contribution in [0.1, 0.15) is 77.1 Å². The fourth-order valence-electron chi connectivity index (χ4n) is 7.50. The van der Waals surface area contributed by atoms with Gasteiger partial charge in [-0.3, -0.25) is 14.6 Å². The highest BCUT2D eigenvalue weighted by Gasteiger charge is 2.47. The van der Waals surface area contributed by atoms with Crippen LogP contribution in [0.4, 0.5) is 9.59 Å². The number of hydrogen-bond acceptors (Lipinski definition) is 10. The number of primary amides is 1. The van der Waals surface area contributed by atoms with Gasteiger partial charge in [-0.25, -0.2) is 24.5 Å². The molecule has 0 bridgehead atoms. The number of benzene rings is 2. The smallest absolute Gasteiger partial charge is 0.407 e. The maximum atomic E-state index is 13.7. The monoisotopic (exact) mass is 762 g/mol. The van der Waals surface area contributed by atoms with Crippen molar-refractivity contribution in [1.29, 1.82) is 0 Å². The van der Waals surface area contributed by atoms with Crippen molar-refractivity contribution in [2.45, 2.75) is 77.1 Å². The number of hydrogen-bond donors (Lipinski definition) is 4. The van der Waals surface area contributed by atoms with Gasteiger partial charge in [0.2, 0.25) is 5.91 Å². The third-order valence-corrected chi connectivity index (χ3v) is 10.9. The molecular weight excluding hydrogens is 717 g/mol. The molecule has 56 heavy (non-hydrogen) atoms. The number of H-pyrrole nitrogens is 2. The number of nitrogens with one attached hydrogen (secondary N) is 3. The summed E-state index contributed by atoms with van der Waals surface area (Å²) in [6, 6.07) is 12.5.